The predicted molar refractivity (Wildman–Crippen MR) is 81.1 cm³/mol. The second-order valence-electron chi connectivity index (χ2n) is 5.62. The van der Waals surface area contributed by atoms with Crippen molar-refractivity contribution in [1.29, 1.82) is 5.26 Å². The minimum absolute atomic E-state index is 0.0403. The van der Waals surface area contributed by atoms with Crippen molar-refractivity contribution >= 4 is 17.2 Å². The number of benzene rings is 1. The van der Waals surface area contributed by atoms with E-state index in [0.717, 1.165) is 0 Å². The summed E-state index contributed by atoms with van der Waals surface area (Å²) >= 11 is 1.19. The van der Waals surface area contributed by atoms with E-state index >= 15 is 0 Å². The maximum Gasteiger partial charge on any atom is 0.252 e. The fourth-order valence-electron chi connectivity index (χ4n) is 1.93. The van der Waals surface area contributed by atoms with Crippen LogP contribution in [0.2, 0.25) is 0 Å². The number of rotatable bonds is 2. The van der Waals surface area contributed by atoms with Crippen LogP contribution < -0.4 is 5.73 Å². The Hall–Kier alpha value is -2.39. The largest absolute Gasteiger partial charge is 0.506 e. The van der Waals surface area contributed by atoms with Crippen molar-refractivity contribution in [2.45, 2.75) is 26.2 Å². The highest BCUT2D eigenvalue weighted by molar-refractivity contribution is 7.15. The second kappa shape index (κ2) is 5.19. The van der Waals surface area contributed by atoms with Gasteiger partial charge in [-0.1, -0.05) is 26.8 Å². The van der Waals surface area contributed by atoms with Crippen molar-refractivity contribution in [2.24, 2.45) is 5.73 Å². The Bertz CT molecular complexity index is 751. The molecule has 0 aliphatic rings. The Morgan fingerprint density at radius 1 is 1.43 bits per heavy atom. The van der Waals surface area contributed by atoms with Crippen molar-refractivity contribution in [3.05, 3.63) is 34.3 Å². The lowest BCUT2D eigenvalue weighted by atomic mass is 9.91. The van der Waals surface area contributed by atoms with Gasteiger partial charge >= 0.3 is 0 Å². The Kier molecular flexibility index (Phi) is 3.71. The lowest BCUT2D eigenvalue weighted by Crippen LogP contribution is -2.13. The molecule has 0 saturated carbocycles. The number of primary amides is 1. The summed E-state index contributed by atoms with van der Waals surface area (Å²) in [4.78, 5) is 16.3. The number of carbonyl (C=O) groups excluding carboxylic acids is 1. The monoisotopic (exact) mass is 301 g/mol. The third-order valence-electron chi connectivity index (χ3n) is 2.97. The van der Waals surface area contributed by atoms with Gasteiger partial charge in [0.15, 0.2) is 0 Å². The number of carbonyl (C=O) groups is 1. The number of hydrogen-bond donors (Lipinski definition) is 2. The van der Waals surface area contributed by atoms with Crippen LogP contribution in [0.3, 0.4) is 0 Å². The summed E-state index contributed by atoms with van der Waals surface area (Å²) in [5, 5.41) is 19.9. The van der Waals surface area contributed by atoms with Crippen LogP contribution in [0, 0.1) is 11.3 Å². The van der Waals surface area contributed by atoms with E-state index < -0.39 is 5.91 Å². The van der Waals surface area contributed by atoms with E-state index in [-0.39, 0.29) is 16.7 Å². The molecule has 0 saturated heterocycles. The van der Waals surface area contributed by atoms with Crippen LogP contribution in [0.25, 0.3) is 10.6 Å². The van der Waals surface area contributed by atoms with Gasteiger partial charge in [0.25, 0.3) is 5.91 Å². The van der Waals surface area contributed by atoms with Gasteiger partial charge in [-0.3, -0.25) is 4.79 Å². The van der Waals surface area contributed by atoms with E-state index in [1.54, 1.807) is 12.1 Å². The van der Waals surface area contributed by atoms with Crippen LogP contribution in [-0.2, 0) is 5.41 Å². The van der Waals surface area contributed by atoms with E-state index in [0.29, 0.717) is 21.1 Å². The highest BCUT2D eigenvalue weighted by atomic mass is 32.1. The van der Waals surface area contributed by atoms with Gasteiger partial charge < -0.3 is 10.8 Å². The van der Waals surface area contributed by atoms with E-state index in [2.05, 4.69) is 11.1 Å². The van der Waals surface area contributed by atoms with E-state index in [4.69, 9.17) is 5.73 Å². The summed E-state index contributed by atoms with van der Waals surface area (Å²) in [5.41, 5.74) is 6.06. The third-order valence-corrected chi connectivity index (χ3v) is 3.96. The highest BCUT2D eigenvalue weighted by Crippen LogP contribution is 2.38. The minimum Gasteiger partial charge on any atom is -0.506 e. The molecule has 5 nitrogen and oxygen atoms in total. The number of para-hydroxylation sites is 1. The number of aromatic nitrogens is 1. The second-order valence-corrected chi connectivity index (χ2v) is 6.62. The normalized spacial score (nSPS) is 11.1. The number of nitriles is 1. The molecule has 0 bridgehead atoms. The Balaban J connectivity index is 2.65. The molecular formula is C15H15N3O2S. The summed E-state index contributed by atoms with van der Waals surface area (Å²) in [7, 11) is 0. The third kappa shape index (κ3) is 2.73. The molecule has 0 unspecified atom stereocenters. The molecule has 2 aromatic rings. The Labute approximate surface area is 126 Å². The number of thiazole rings is 1. The van der Waals surface area contributed by atoms with Crippen molar-refractivity contribution in [3.8, 4) is 22.4 Å². The number of hydrogen-bond acceptors (Lipinski definition) is 5. The zero-order chi connectivity index (χ0) is 15.8. The van der Waals surface area contributed by atoms with Gasteiger partial charge in [-0.2, -0.15) is 5.26 Å². The summed E-state index contributed by atoms with van der Waals surface area (Å²) in [6, 6.07) is 6.85. The molecule has 0 aliphatic heterocycles. The van der Waals surface area contributed by atoms with Crippen LogP contribution in [-0.4, -0.2) is 16.0 Å². The average Bonchev–Trinajstić information content (AvgIpc) is 2.82. The van der Waals surface area contributed by atoms with E-state index in [1.165, 1.54) is 17.4 Å². The lowest BCUT2D eigenvalue weighted by Gasteiger charge is -2.15. The number of phenols is 1. The number of nitrogens with zero attached hydrogens (tertiary/aromatic N) is 2. The van der Waals surface area contributed by atoms with Gasteiger partial charge in [-0.15, -0.1) is 11.3 Å². The molecule has 21 heavy (non-hydrogen) atoms. The lowest BCUT2D eigenvalue weighted by molar-refractivity contribution is 0.0998. The molecule has 2 rings (SSSR count). The average molecular weight is 301 g/mol. The van der Waals surface area contributed by atoms with Gasteiger partial charge in [0.1, 0.15) is 21.7 Å². The molecule has 0 aliphatic carbocycles. The van der Waals surface area contributed by atoms with Crippen LogP contribution in [0.15, 0.2) is 18.2 Å². The first-order valence-corrected chi connectivity index (χ1v) is 7.11. The van der Waals surface area contributed by atoms with Crippen LogP contribution in [0.5, 0.6) is 5.75 Å². The van der Waals surface area contributed by atoms with Crippen molar-refractivity contribution < 1.29 is 9.90 Å². The number of amides is 1. The summed E-state index contributed by atoms with van der Waals surface area (Å²) < 4.78 is 0. The molecule has 0 spiro atoms. The Morgan fingerprint density at radius 3 is 2.57 bits per heavy atom. The fraction of sp³-hybridized carbons (Fsp3) is 0.267. The summed E-state index contributed by atoms with van der Waals surface area (Å²) in [5.74, 6) is -0.911. The first kappa shape index (κ1) is 15.0. The zero-order valence-corrected chi connectivity index (χ0v) is 12.8. The molecule has 0 atom stereocenters. The number of nitrogens with two attached hydrogens (primary N) is 1. The first-order chi connectivity index (χ1) is 9.75. The van der Waals surface area contributed by atoms with Crippen LogP contribution >= 0.6 is 11.3 Å². The molecule has 1 aromatic heterocycles. The standard InChI is InChI=1S/C15H15N3O2S/c1-15(2,3)12-10(7-16)21-14(18-12)9-6-4-5-8(11(9)19)13(17)20/h4-6,19H,1-3H3,(H2,17,20). The first-order valence-electron chi connectivity index (χ1n) is 6.29. The molecule has 0 radical (unpaired) electrons. The SMILES string of the molecule is CC(C)(C)c1nc(-c2cccc(C(N)=O)c2O)sc1C#N. The van der Waals surface area contributed by atoms with Crippen molar-refractivity contribution in [3.63, 3.8) is 0 Å². The van der Waals surface area contributed by atoms with Crippen molar-refractivity contribution in [2.75, 3.05) is 0 Å². The van der Waals surface area contributed by atoms with Crippen molar-refractivity contribution in [1.82, 2.24) is 4.98 Å². The number of aromatic hydroxyl groups is 1. The molecule has 1 amide bonds. The molecular weight excluding hydrogens is 286 g/mol. The van der Waals surface area contributed by atoms with Gasteiger partial charge in [0.2, 0.25) is 0 Å². The zero-order valence-electron chi connectivity index (χ0n) is 12.0. The van der Waals surface area contributed by atoms with E-state index in [9.17, 15) is 15.2 Å². The summed E-state index contributed by atoms with van der Waals surface area (Å²) in [6.07, 6.45) is 0. The summed E-state index contributed by atoms with van der Waals surface area (Å²) in [6.45, 7) is 5.89. The van der Waals surface area contributed by atoms with E-state index in [1.807, 2.05) is 20.8 Å². The molecule has 0 fully saturated rings. The van der Waals surface area contributed by atoms with Gasteiger partial charge in [0.05, 0.1) is 16.8 Å². The minimum atomic E-state index is -0.706. The van der Waals surface area contributed by atoms with Gasteiger partial charge in [-0.25, -0.2) is 4.98 Å². The molecule has 108 valence electrons. The molecule has 6 heteroatoms. The Morgan fingerprint density at radius 2 is 2.10 bits per heavy atom. The maximum atomic E-state index is 11.3. The molecule has 1 aromatic carbocycles. The fourth-order valence-corrected chi connectivity index (χ4v) is 3.03. The van der Waals surface area contributed by atoms with Gasteiger partial charge in [-0.05, 0) is 12.1 Å². The highest BCUT2D eigenvalue weighted by Gasteiger charge is 2.25. The smallest absolute Gasteiger partial charge is 0.252 e. The molecule has 1 heterocycles. The molecule has 3 N–H and O–H groups in total. The predicted octanol–water partition coefficient (Wildman–Crippen LogP) is 2.78. The maximum absolute atomic E-state index is 11.3. The topological polar surface area (TPSA) is 100 Å². The van der Waals surface area contributed by atoms with Crippen LogP contribution in [0.1, 0.15) is 41.7 Å². The van der Waals surface area contributed by atoms with Crippen LogP contribution in [0.4, 0.5) is 0 Å². The van der Waals surface area contributed by atoms with Gasteiger partial charge in [0, 0.05) is 5.41 Å². The quantitative estimate of drug-likeness (QED) is 0.890.